The fraction of sp³-hybridized carbons (Fsp3) is 0.450. The summed E-state index contributed by atoms with van der Waals surface area (Å²) in [6.45, 7) is 12.6. The Morgan fingerprint density at radius 3 is 2.60 bits per heavy atom. The van der Waals surface area contributed by atoms with Gasteiger partial charge in [-0.15, -0.1) is 16.8 Å². The van der Waals surface area contributed by atoms with E-state index in [0.29, 0.717) is 12.5 Å². The van der Waals surface area contributed by atoms with E-state index < -0.39 is 0 Å². The molecule has 5 heteroatoms. The van der Waals surface area contributed by atoms with Gasteiger partial charge in [0, 0.05) is 18.0 Å². The van der Waals surface area contributed by atoms with Gasteiger partial charge < -0.3 is 4.57 Å². The first-order valence-electron chi connectivity index (χ1n) is 8.75. The predicted molar refractivity (Wildman–Crippen MR) is 102 cm³/mol. The van der Waals surface area contributed by atoms with E-state index in [1.807, 2.05) is 32.9 Å². The van der Waals surface area contributed by atoms with Crippen molar-refractivity contribution in [2.75, 3.05) is 0 Å². The van der Waals surface area contributed by atoms with Crippen molar-refractivity contribution in [3.63, 3.8) is 0 Å². The molecule has 1 fully saturated rings. The van der Waals surface area contributed by atoms with Crippen molar-refractivity contribution in [1.82, 2.24) is 14.8 Å². The molecule has 0 amide bonds. The van der Waals surface area contributed by atoms with Crippen LogP contribution in [0.25, 0.3) is 0 Å². The van der Waals surface area contributed by atoms with Gasteiger partial charge in [-0.05, 0) is 63.3 Å². The molecule has 0 saturated heterocycles. The maximum Gasteiger partial charge on any atom is 0.192 e. The first-order chi connectivity index (χ1) is 11.9. The molecular weight excluding hydrogens is 330 g/mol. The number of thioether (sulfide) groups is 1. The Labute approximate surface area is 153 Å². The third kappa shape index (κ3) is 3.71. The van der Waals surface area contributed by atoms with Crippen molar-refractivity contribution in [2.24, 2.45) is 0 Å². The molecule has 1 aliphatic rings. The Morgan fingerprint density at radius 2 is 1.96 bits per heavy atom. The highest BCUT2D eigenvalue weighted by atomic mass is 32.2. The van der Waals surface area contributed by atoms with Gasteiger partial charge in [0.25, 0.3) is 0 Å². The van der Waals surface area contributed by atoms with Crippen molar-refractivity contribution in [3.05, 3.63) is 52.9 Å². The van der Waals surface area contributed by atoms with Crippen molar-refractivity contribution < 1.29 is 4.79 Å². The van der Waals surface area contributed by atoms with E-state index in [1.165, 1.54) is 30.2 Å². The second-order valence-corrected chi connectivity index (χ2v) is 8.20. The van der Waals surface area contributed by atoms with Crippen LogP contribution in [-0.4, -0.2) is 25.8 Å². The third-order valence-corrected chi connectivity index (χ3v) is 5.84. The highest BCUT2D eigenvalue weighted by Crippen LogP contribution is 2.40. The van der Waals surface area contributed by atoms with Crippen LogP contribution in [0, 0.1) is 20.8 Å². The molecule has 1 unspecified atom stereocenters. The second-order valence-electron chi connectivity index (χ2n) is 6.89. The summed E-state index contributed by atoms with van der Waals surface area (Å²) in [6, 6.07) is 4.10. The lowest BCUT2D eigenvalue weighted by Crippen LogP contribution is -2.16. The Kier molecular flexibility index (Phi) is 5.13. The fourth-order valence-corrected chi connectivity index (χ4v) is 3.92. The van der Waals surface area contributed by atoms with Crippen LogP contribution in [0.2, 0.25) is 0 Å². The van der Waals surface area contributed by atoms with Crippen LogP contribution in [0.3, 0.4) is 0 Å². The van der Waals surface area contributed by atoms with Gasteiger partial charge in [0.2, 0.25) is 0 Å². The Balaban J connectivity index is 1.82. The largest absolute Gasteiger partial charge is 0.302 e. The molecule has 0 N–H and O–H groups in total. The minimum atomic E-state index is -0.208. The van der Waals surface area contributed by atoms with E-state index >= 15 is 0 Å². The minimum absolute atomic E-state index is 0.145. The number of ketones is 1. The van der Waals surface area contributed by atoms with Crippen LogP contribution in [0.4, 0.5) is 0 Å². The topological polar surface area (TPSA) is 47.8 Å². The van der Waals surface area contributed by atoms with Crippen LogP contribution >= 0.6 is 11.8 Å². The van der Waals surface area contributed by atoms with E-state index in [1.54, 1.807) is 0 Å². The Hall–Kier alpha value is -1.88. The average molecular weight is 356 g/mol. The fourth-order valence-electron chi connectivity index (χ4n) is 2.99. The van der Waals surface area contributed by atoms with E-state index in [9.17, 15) is 4.79 Å². The average Bonchev–Trinajstić information content (AvgIpc) is 3.34. The van der Waals surface area contributed by atoms with Gasteiger partial charge in [-0.1, -0.05) is 23.9 Å². The van der Waals surface area contributed by atoms with Crippen LogP contribution < -0.4 is 0 Å². The molecular formula is C20H25N3OS. The molecule has 25 heavy (non-hydrogen) atoms. The van der Waals surface area contributed by atoms with Crippen LogP contribution in [-0.2, 0) is 6.54 Å². The second kappa shape index (κ2) is 7.16. The smallest absolute Gasteiger partial charge is 0.192 e. The molecule has 1 aromatic heterocycles. The maximum absolute atomic E-state index is 13.0. The molecule has 0 spiro atoms. The summed E-state index contributed by atoms with van der Waals surface area (Å²) in [5.74, 6) is 1.70. The lowest BCUT2D eigenvalue weighted by molar-refractivity contribution is 0.0993. The van der Waals surface area contributed by atoms with Crippen molar-refractivity contribution >= 4 is 17.5 Å². The first-order valence-corrected chi connectivity index (χ1v) is 9.63. The number of hydrogen-bond acceptors (Lipinski definition) is 4. The number of benzene rings is 1. The van der Waals surface area contributed by atoms with Crippen LogP contribution in [0.5, 0.6) is 0 Å². The lowest BCUT2D eigenvalue weighted by atomic mass is 9.97. The van der Waals surface area contributed by atoms with Gasteiger partial charge in [0.15, 0.2) is 10.9 Å². The first kappa shape index (κ1) is 17.9. The molecule has 4 nitrogen and oxygen atoms in total. The normalized spacial score (nSPS) is 15.2. The number of allylic oxidation sites excluding steroid dienone is 1. The van der Waals surface area contributed by atoms with Gasteiger partial charge in [0.1, 0.15) is 5.82 Å². The number of aromatic nitrogens is 3. The minimum Gasteiger partial charge on any atom is -0.302 e. The quantitative estimate of drug-likeness (QED) is 0.413. The molecule has 0 radical (unpaired) electrons. The summed E-state index contributed by atoms with van der Waals surface area (Å²) in [6.07, 6.45) is 4.21. The SMILES string of the molecule is C=CCn1c(SC(C)C(=O)c2cc(C)c(C)cc2C)nnc1C1CC1. The zero-order chi connectivity index (χ0) is 18.1. The summed E-state index contributed by atoms with van der Waals surface area (Å²) in [4.78, 5) is 13.0. The van der Waals surface area contributed by atoms with Gasteiger partial charge in [-0.2, -0.15) is 0 Å². The van der Waals surface area contributed by atoms with Gasteiger partial charge >= 0.3 is 0 Å². The highest BCUT2D eigenvalue weighted by Gasteiger charge is 2.31. The molecule has 132 valence electrons. The number of rotatable bonds is 7. The Morgan fingerprint density at radius 1 is 1.28 bits per heavy atom. The number of carbonyl (C=O) groups is 1. The zero-order valence-electron chi connectivity index (χ0n) is 15.4. The molecule has 3 rings (SSSR count). The molecule has 0 bridgehead atoms. The number of Topliss-reactive ketones (excluding diaryl/α,β-unsaturated/α-hetero) is 1. The highest BCUT2D eigenvalue weighted by molar-refractivity contribution is 8.00. The number of carbonyl (C=O) groups excluding carboxylic acids is 1. The zero-order valence-corrected chi connectivity index (χ0v) is 16.2. The van der Waals surface area contributed by atoms with Gasteiger partial charge in [0.05, 0.1) is 5.25 Å². The summed E-state index contributed by atoms with van der Waals surface area (Å²) in [5.41, 5.74) is 4.21. The molecule has 1 heterocycles. The van der Waals surface area contributed by atoms with E-state index in [0.717, 1.165) is 27.7 Å². The molecule has 0 aliphatic heterocycles. The van der Waals surface area contributed by atoms with Crippen molar-refractivity contribution in [2.45, 2.75) is 63.4 Å². The van der Waals surface area contributed by atoms with Crippen LogP contribution in [0.1, 0.15) is 58.6 Å². The van der Waals surface area contributed by atoms with Gasteiger partial charge in [-0.3, -0.25) is 4.79 Å². The third-order valence-electron chi connectivity index (χ3n) is 4.76. The number of hydrogen-bond donors (Lipinski definition) is 0. The van der Waals surface area contributed by atoms with E-state index in [2.05, 4.69) is 34.3 Å². The molecule has 1 aliphatic carbocycles. The summed E-state index contributed by atoms with van der Waals surface area (Å²) in [5, 5.41) is 9.30. The summed E-state index contributed by atoms with van der Waals surface area (Å²) in [7, 11) is 0. The molecule has 1 atom stereocenters. The Bertz CT molecular complexity index is 821. The van der Waals surface area contributed by atoms with Crippen molar-refractivity contribution in [3.8, 4) is 0 Å². The standard InChI is InChI=1S/C20H25N3OS/c1-6-9-23-19(16-7-8-16)21-22-20(23)25-15(5)18(24)17-11-13(3)12(2)10-14(17)4/h6,10-11,15-16H,1,7-9H2,2-5H3. The molecule has 1 saturated carbocycles. The number of nitrogens with zero attached hydrogens (tertiary/aromatic N) is 3. The van der Waals surface area contributed by atoms with Gasteiger partial charge in [-0.25, -0.2) is 0 Å². The maximum atomic E-state index is 13.0. The van der Waals surface area contributed by atoms with Crippen LogP contribution in [0.15, 0.2) is 29.9 Å². The van der Waals surface area contributed by atoms with E-state index in [4.69, 9.17) is 0 Å². The van der Waals surface area contributed by atoms with E-state index in [-0.39, 0.29) is 11.0 Å². The summed E-state index contributed by atoms with van der Waals surface area (Å²) < 4.78 is 2.10. The molecule has 1 aromatic carbocycles. The molecule has 2 aromatic rings. The summed E-state index contributed by atoms with van der Waals surface area (Å²) >= 11 is 1.49. The number of aryl methyl sites for hydroxylation is 3. The predicted octanol–water partition coefficient (Wildman–Crippen LogP) is 4.63. The van der Waals surface area contributed by atoms with Crippen molar-refractivity contribution in [1.29, 1.82) is 0 Å². The monoisotopic (exact) mass is 355 g/mol. The lowest BCUT2D eigenvalue weighted by Gasteiger charge is -2.14.